The van der Waals surface area contributed by atoms with Crippen molar-refractivity contribution in [2.75, 3.05) is 5.32 Å². The van der Waals surface area contributed by atoms with Crippen molar-refractivity contribution < 1.29 is 4.39 Å². The highest BCUT2D eigenvalue weighted by Gasteiger charge is 2.15. The average Bonchev–Trinajstić information content (AvgIpc) is 2.49. The van der Waals surface area contributed by atoms with E-state index in [-0.39, 0.29) is 6.04 Å². The number of anilines is 1. The maximum absolute atomic E-state index is 14.0. The monoisotopic (exact) mass is 282 g/mol. The van der Waals surface area contributed by atoms with Crippen molar-refractivity contribution in [1.29, 1.82) is 5.26 Å². The van der Waals surface area contributed by atoms with Crippen LogP contribution in [0.15, 0.2) is 48.5 Å². The molecule has 21 heavy (non-hydrogen) atoms. The molecule has 3 heteroatoms. The molecule has 1 atom stereocenters. The van der Waals surface area contributed by atoms with Crippen LogP contribution in [0, 0.1) is 23.1 Å². The topological polar surface area (TPSA) is 35.8 Å². The molecule has 1 N–H and O–H groups in total. The average molecular weight is 282 g/mol. The highest BCUT2D eigenvalue weighted by Crippen LogP contribution is 2.27. The van der Waals surface area contributed by atoms with E-state index in [2.05, 4.69) is 19.2 Å². The van der Waals surface area contributed by atoms with Gasteiger partial charge in [-0.25, -0.2) is 4.39 Å². The van der Waals surface area contributed by atoms with Gasteiger partial charge in [-0.2, -0.15) is 5.26 Å². The van der Waals surface area contributed by atoms with Crippen molar-refractivity contribution in [3.8, 4) is 6.07 Å². The van der Waals surface area contributed by atoms with Gasteiger partial charge in [-0.05, 0) is 36.1 Å². The summed E-state index contributed by atoms with van der Waals surface area (Å²) in [6.07, 6.45) is 0.906. The fourth-order valence-corrected chi connectivity index (χ4v) is 2.32. The molecule has 0 spiro atoms. The molecule has 0 aliphatic heterocycles. The Morgan fingerprint density at radius 1 is 1.14 bits per heavy atom. The van der Waals surface area contributed by atoms with E-state index in [9.17, 15) is 4.39 Å². The van der Waals surface area contributed by atoms with Gasteiger partial charge in [-0.15, -0.1) is 0 Å². The Hall–Kier alpha value is -2.34. The van der Waals surface area contributed by atoms with Gasteiger partial charge in [0.25, 0.3) is 0 Å². The van der Waals surface area contributed by atoms with E-state index in [0.717, 1.165) is 12.0 Å². The third-order valence-corrected chi connectivity index (χ3v) is 3.34. The SMILES string of the molecule is CC(C)CC(Nc1ccc(C#N)cc1F)c1ccccc1. The molecule has 0 aromatic heterocycles. The summed E-state index contributed by atoms with van der Waals surface area (Å²) in [6, 6.07) is 16.5. The molecule has 0 radical (unpaired) electrons. The van der Waals surface area contributed by atoms with Crippen LogP contribution < -0.4 is 5.32 Å². The standard InChI is InChI=1S/C18H19FN2/c1-13(2)10-18(15-6-4-3-5-7-15)21-17-9-8-14(12-20)11-16(17)19/h3-9,11,13,18,21H,10H2,1-2H3. The molecule has 0 fully saturated rings. The molecule has 1 unspecified atom stereocenters. The molecule has 2 nitrogen and oxygen atoms in total. The van der Waals surface area contributed by atoms with E-state index >= 15 is 0 Å². The number of benzene rings is 2. The summed E-state index contributed by atoms with van der Waals surface area (Å²) in [7, 11) is 0. The number of hydrogen-bond acceptors (Lipinski definition) is 2. The van der Waals surface area contributed by atoms with Crippen molar-refractivity contribution in [1.82, 2.24) is 0 Å². The molecule has 0 aliphatic carbocycles. The Morgan fingerprint density at radius 2 is 1.86 bits per heavy atom. The van der Waals surface area contributed by atoms with Crippen molar-refractivity contribution in [2.45, 2.75) is 26.3 Å². The summed E-state index contributed by atoms with van der Waals surface area (Å²) in [5, 5.41) is 12.1. The first-order valence-corrected chi connectivity index (χ1v) is 7.11. The van der Waals surface area contributed by atoms with Crippen molar-refractivity contribution in [2.24, 2.45) is 5.92 Å². The van der Waals surface area contributed by atoms with E-state index in [1.165, 1.54) is 6.07 Å². The highest BCUT2D eigenvalue weighted by atomic mass is 19.1. The van der Waals surface area contributed by atoms with Crippen LogP contribution in [0.25, 0.3) is 0 Å². The van der Waals surface area contributed by atoms with E-state index in [4.69, 9.17) is 5.26 Å². The third-order valence-electron chi connectivity index (χ3n) is 3.34. The number of nitrogens with one attached hydrogen (secondary N) is 1. The van der Waals surface area contributed by atoms with Crippen LogP contribution >= 0.6 is 0 Å². The Balaban J connectivity index is 2.25. The molecular formula is C18H19FN2. The maximum Gasteiger partial charge on any atom is 0.147 e. The van der Waals surface area contributed by atoms with Crippen LogP contribution in [0.5, 0.6) is 0 Å². The van der Waals surface area contributed by atoms with Crippen LogP contribution in [0.4, 0.5) is 10.1 Å². The molecule has 108 valence electrons. The second-order valence-electron chi connectivity index (χ2n) is 5.54. The number of nitriles is 1. The van der Waals surface area contributed by atoms with Gasteiger partial charge in [-0.3, -0.25) is 0 Å². The molecule has 0 saturated carbocycles. The quantitative estimate of drug-likeness (QED) is 0.847. The van der Waals surface area contributed by atoms with E-state index in [1.807, 2.05) is 36.4 Å². The first-order chi connectivity index (χ1) is 10.1. The summed E-state index contributed by atoms with van der Waals surface area (Å²) in [5.74, 6) is 0.0999. The summed E-state index contributed by atoms with van der Waals surface area (Å²) in [4.78, 5) is 0. The van der Waals surface area contributed by atoms with Gasteiger partial charge >= 0.3 is 0 Å². The number of rotatable bonds is 5. The van der Waals surface area contributed by atoms with E-state index in [1.54, 1.807) is 12.1 Å². The van der Waals surface area contributed by atoms with Crippen LogP contribution in [-0.2, 0) is 0 Å². The molecule has 0 aliphatic rings. The molecule has 0 bridgehead atoms. The first kappa shape index (κ1) is 15.1. The lowest BCUT2D eigenvalue weighted by Crippen LogP contribution is -2.14. The van der Waals surface area contributed by atoms with E-state index < -0.39 is 5.82 Å². The van der Waals surface area contributed by atoms with Crippen molar-refractivity contribution >= 4 is 5.69 Å². The van der Waals surface area contributed by atoms with Gasteiger partial charge in [0.1, 0.15) is 5.82 Å². The van der Waals surface area contributed by atoms with E-state index in [0.29, 0.717) is 17.2 Å². The zero-order valence-corrected chi connectivity index (χ0v) is 12.3. The lowest BCUT2D eigenvalue weighted by atomic mass is 9.96. The van der Waals surface area contributed by atoms with Crippen molar-refractivity contribution in [3.05, 3.63) is 65.5 Å². The molecule has 2 aromatic carbocycles. The highest BCUT2D eigenvalue weighted by molar-refractivity contribution is 5.50. The van der Waals surface area contributed by atoms with Crippen LogP contribution in [-0.4, -0.2) is 0 Å². The fourth-order valence-electron chi connectivity index (χ4n) is 2.32. The van der Waals surface area contributed by atoms with Crippen LogP contribution in [0.2, 0.25) is 0 Å². The Kier molecular flexibility index (Phi) is 4.94. The molecular weight excluding hydrogens is 263 g/mol. The van der Waals surface area contributed by atoms with Gasteiger partial charge in [0.05, 0.1) is 23.4 Å². The third kappa shape index (κ3) is 4.06. The Labute approximate surface area is 125 Å². The van der Waals surface area contributed by atoms with Gasteiger partial charge in [0, 0.05) is 0 Å². The second-order valence-corrected chi connectivity index (χ2v) is 5.54. The maximum atomic E-state index is 14.0. The predicted molar refractivity (Wildman–Crippen MR) is 83.4 cm³/mol. The van der Waals surface area contributed by atoms with Gasteiger partial charge in [0.2, 0.25) is 0 Å². The smallest absolute Gasteiger partial charge is 0.147 e. The summed E-state index contributed by atoms with van der Waals surface area (Å²) in [5.41, 5.74) is 1.90. The van der Waals surface area contributed by atoms with Gasteiger partial charge < -0.3 is 5.32 Å². The molecule has 2 rings (SSSR count). The minimum Gasteiger partial charge on any atom is -0.376 e. The largest absolute Gasteiger partial charge is 0.376 e. The minimum absolute atomic E-state index is 0.0497. The molecule has 0 heterocycles. The minimum atomic E-state index is -0.390. The van der Waals surface area contributed by atoms with Crippen molar-refractivity contribution in [3.63, 3.8) is 0 Å². The number of nitrogens with zero attached hydrogens (tertiary/aromatic N) is 1. The molecule has 0 amide bonds. The first-order valence-electron chi connectivity index (χ1n) is 7.11. The summed E-state index contributed by atoms with van der Waals surface area (Å²) >= 11 is 0. The number of hydrogen-bond donors (Lipinski definition) is 1. The van der Waals surface area contributed by atoms with Crippen LogP contribution in [0.1, 0.15) is 37.4 Å². The van der Waals surface area contributed by atoms with Gasteiger partial charge in [0.15, 0.2) is 0 Å². The summed E-state index contributed by atoms with van der Waals surface area (Å²) in [6.45, 7) is 4.29. The zero-order valence-electron chi connectivity index (χ0n) is 12.3. The summed E-state index contributed by atoms with van der Waals surface area (Å²) < 4.78 is 14.0. The fraction of sp³-hybridized carbons (Fsp3) is 0.278. The predicted octanol–water partition coefficient (Wildman–Crippen LogP) is 4.90. The lowest BCUT2D eigenvalue weighted by molar-refractivity contribution is 0.527. The molecule has 2 aromatic rings. The zero-order chi connectivity index (χ0) is 15.2. The Bertz CT molecular complexity index is 629. The second kappa shape index (κ2) is 6.90. The Morgan fingerprint density at radius 3 is 2.43 bits per heavy atom. The molecule has 0 saturated heterocycles. The normalized spacial score (nSPS) is 12.0. The van der Waals surface area contributed by atoms with Gasteiger partial charge in [-0.1, -0.05) is 44.2 Å². The van der Waals surface area contributed by atoms with Crippen LogP contribution in [0.3, 0.4) is 0 Å². The lowest BCUT2D eigenvalue weighted by Gasteiger charge is -2.22. The number of halogens is 1.